The third-order valence-corrected chi connectivity index (χ3v) is 6.83. The summed E-state index contributed by atoms with van der Waals surface area (Å²) in [5.41, 5.74) is -0.202. The van der Waals surface area contributed by atoms with Gasteiger partial charge in [0.2, 0.25) is 0 Å². The summed E-state index contributed by atoms with van der Waals surface area (Å²) >= 11 is 0. The zero-order chi connectivity index (χ0) is 23.3. The van der Waals surface area contributed by atoms with Crippen LogP contribution in [0.25, 0.3) is 0 Å². The van der Waals surface area contributed by atoms with Crippen LogP contribution in [0.1, 0.15) is 93.9 Å². The topological polar surface area (TPSA) is 20.2 Å². The molecule has 5 heteroatoms. The quantitative estimate of drug-likeness (QED) is 0.306. The summed E-state index contributed by atoms with van der Waals surface area (Å²) in [6.45, 7) is 4.04. The lowest BCUT2D eigenvalue weighted by atomic mass is 9.73. The van der Waals surface area contributed by atoms with Gasteiger partial charge in [0.05, 0.1) is 5.60 Å². The van der Waals surface area contributed by atoms with Gasteiger partial charge in [0, 0.05) is 5.56 Å². The number of hydrogen-bond acceptors (Lipinski definition) is 1. The van der Waals surface area contributed by atoms with Gasteiger partial charge in [-0.1, -0.05) is 52.0 Å². The second-order valence-corrected chi connectivity index (χ2v) is 9.39. The Morgan fingerprint density at radius 1 is 0.844 bits per heavy atom. The van der Waals surface area contributed by atoms with Crippen molar-refractivity contribution in [2.75, 3.05) is 0 Å². The van der Waals surface area contributed by atoms with Crippen molar-refractivity contribution in [3.63, 3.8) is 0 Å². The molecule has 3 rings (SSSR count). The highest BCUT2D eigenvalue weighted by Crippen LogP contribution is 2.42. The molecule has 32 heavy (non-hydrogen) atoms. The molecule has 1 saturated carbocycles. The standard InChI is InChI=1S/C27H34F4O/c1-3-5-6-8-18-9-11-27(32,12-10-18)22-15-20(17-24(29)26(22)31)13-19-14-21(7-4-2)25(30)23(28)16-19/h14-18,32H,3-13H2,1-2H3. The fourth-order valence-electron chi connectivity index (χ4n) is 4.98. The molecular weight excluding hydrogens is 416 g/mol. The fraction of sp³-hybridized carbons (Fsp3) is 0.556. The van der Waals surface area contributed by atoms with Crippen LogP contribution in [0.3, 0.4) is 0 Å². The summed E-state index contributed by atoms with van der Waals surface area (Å²) in [6, 6.07) is 5.26. The van der Waals surface area contributed by atoms with Crippen LogP contribution in [0.5, 0.6) is 0 Å². The van der Waals surface area contributed by atoms with E-state index in [2.05, 4.69) is 6.92 Å². The van der Waals surface area contributed by atoms with Crippen molar-refractivity contribution in [1.82, 2.24) is 0 Å². The third kappa shape index (κ3) is 5.72. The summed E-state index contributed by atoms with van der Waals surface area (Å²) in [5.74, 6) is -3.32. The van der Waals surface area contributed by atoms with Crippen molar-refractivity contribution >= 4 is 0 Å². The summed E-state index contributed by atoms with van der Waals surface area (Å²) in [7, 11) is 0. The number of benzene rings is 2. The maximum atomic E-state index is 14.7. The van der Waals surface area contributed by atoms with Gasteiger partial charge in [-0.2, -0.15) is 0 Å². The van der Waals surface area contributed by atoms with Crippen molar-refractivity contribution in [3.8, 4) is 0 Å². The molecule has 2 aromatic rings. The SMILES string of the molecule is CCCCCC1CCC(O)(c2cc(Cc3cc(F)c(F)c(CCC)c3)cc(F)c2F)CC1. The normalized spacial score (nSPS) is 21.2. The molecule has 1 fully saturated rings. The van der Waals surface area contributed by atoms with Crippen molar-refractivity contribution in [2.45, 2.75) is 90.1 Å². The minimum Gasteiger partial charge on any atom is -0.385 e. The molecule has 0 radical (unpaired) electrons. The highest BCUT2D eigenvalue weighted by Gasteiger charge is 2.37. The molecule has 1 N–H and O–H groups in total. The molecular formula is C27H34F4O. The van der Waals surface area contributed by atoms with Crippen LogP contribution < -0.4 is 0 Å². The largest absolute Gasteiger partial charge is 0.385 e. The minimum atomic E-state index is -1.40. The first kappa shape index (κ1) is 24.8. The van der Waals surface area contributed by atoms with Crippen LogP contribution in [0.15, 0.2) is 24.3 Å². The van der Waals surface area contributed by atoms with Crippen molar-refractivity contribution in [2.24, 2.45) is 5.92 Å². The maximum Gasteiger partial charge on any atom is 0.164 e. The van der Waals surface area contributed by atoms with Crippen LogP contribution in [0.4, 0.5) is 17.6 Å². The van der Waals surface area contributed by atoms with Gasteiger partial charge < -0.3 is 5.11 Å². The highest BCUT2D eigenvalue weighted by atomic mass is 19.2. The molecule has 176 valence electrons. The Morgan fingerprint density at radius 2 is 1.47 bits per heavy atom. The van der Waals surface area contributed by atoms with Gasteiger partial charge in [-0.3, -0.25) is 0 Å². The molecule has 0 saturated heterocycles. The molecule has 0 bridgehead atoms. The average Bonchev–Trinajstić information content (AvgIpc) is 2.76. The lowest BCUT2D eigenvalue weighted by molar-refractivity contribution is -0.0188. The van der Waals surface area contributed by atoms with Gasteiger partial charge in [0.15, 0.2) is 23.3 Å². The first-order valence-electron chi connectivity index (χ1n) is 11.9. The van der Waals surface area contributed by atoms with Crippen molar-refractivity contribution < 1.29 is 22.7 Å². The molecule has 0 amide bonds. The average molecular weight is 451 g/mol. The molecule has 0 aliphatic heterocycles. The maximum absolute atomic E-state index is 14.7. The molecule has 1 aliphatic carbocycles. The van der Waals surface area contributed by atoms with Crippen LogP contribution in [0, 0.1) is 29.2 Å². The molecule has 0 aromatic heterocycles. The fourth-order valence-corrected chi connectivity index (χ4v) is 4.98. The van der Waals surface area contributed by atoms with E-state index < -0.39 is 28.9 Å². The van der Waals surface area contributed by atoms with Crippen LogP contribution in [-0.4, -0.2) is 5.11 Å². The van der Waals surface area contributed by atoms with E-state index in [4.69, 9.17) is 0 Å². The molecule has 1 nitrogen and oxygen atoms in total. The highest BCUT2D eigenvalue weighted by molar-refractivity contribution is 5.36. The smallest absolute Gasteiger partial charge is 0.164 e. The predicted octanol–water partition coefficient (Wildman–Crippen LogP) is 7.74. The van der Waals surface area contributed by atoms with Gasteiger partial charge in [-0.25, -0.2) is 17.6 Å². The van der Waals surface area contributed by atoms with E-state index in [9.17, 15) is 22.7 Å². The molecule has 2 aromatic carbocycles. The Morgan fingerprint density at radius 3 is 2.09 bits per heavy atom. The van der Waals surface area contributed by atoms with Gasteiger partial charge >= 0.3 is 0 Å². The number of aliphatic hydroxyl groups is 1. The van der Waals surface area contributed by atoms with Crippen LogP contribution in [0.2, 0.25) is 0 Å². The predicted molar refractivity (Wildman–Crippen MR) is 120 cm³/mol. The third-order valence-electron chi connectivity index (χ3n) is 6.83. The first-order chi connectivity index (χ1) is 15.3. The van der Waals surface area contributed by atoms with E-state index in [1.54, 1.807) is 6.07 Å². The Hall–Kier alpha value is -1.88. The van der Waals surface area contributed by atoms with E-state index in [0.29, 0.717) is 42.7 Å². The van der Waals surface area contributed by atoms with E-state index in [1.165, 1.54) is 12.5 Å². The summed E-state index contributed by atoms with van der Waals surface area (Å²) in [6.07, 6.45) is 8.19. The Balaban J connectivity index is 1.81. The zero-order valence-corrected chi connectivity index (χ0v) is 19.1. The van der Waals surface area contributed by atoms with Crippen molar-refractivity contribution in [1.29, 1.82) is 0 Å². The van der Waals surface area contributed by atoms with Crippen molar-refractivity contribution in [3.05, 3.63) is 69.8 Å². The van der Waals surface area contributed by atoms with Gasteiger partial charge in [-0.15, -0.1) is 0 Å². The van der Waals surface area contributed by atoms with E-state index in [0.717, 1.165) is 44.2 Å². The monoisotopic (exact) mass is 450 g/mol. The molecule has 0 atom stereocenters. The molecule has 1 aliphatic rings. The van der Waals surface area contributed by atoms with Gasteiger partial charge in [-0.05, 0) is 79.3 Å². The summed E-state index contributed by atoms with van der Waals surface area (Å²) in [4.78, 5) is 0. The van der Waals surface area contributed by atoms with E-state index >= 15 is 0 Å². The second kappa shape index (κ2) is 10.8. The first-order valence-corrected chi connectivity index (χ1v) is 11.9. The van der Waals surface area contributed by atoms with Crippen LogP contribution >= 0.6 is 0 Å². The molecule has 0 spiro atoms. The van der Waals surface area contributed by atoms with E-state index in [-0.39, 0.29) is 17.5 Å². The summed E-state index contributed by atoms with van der Waals surface area (Å²) in [5, 5.41) is 11.2. The Labute approximate surface area is 188 Å². The number of aryl methyl sites for hydroxylation is 1. The van der Waals surface area contributed by atoms with Crippen LogP contribution in [-0.2, 0) is 18.4 Å². The molecule has 0 unspecified atom stereocenters. The van der Waals surface area contributed by atoms with Gasteiger partial charge in [0.1, 0.15) is 0 Å². The lowest BCUT2D eigenvalue weighted by Gasteiger charge is -2.37. The number of hydrogen-bond donors (Lipinski definition) is 1. The van der Waals surface area contributed by atoms with E-state index in [1.807, 2.05) is 6.92 Å². The molecule has 0 heterocycles. The zero-order valence-electron chi connectivity index (χ0n) is 19.1. The minimum absolute atomic E-state index is 0.0177. The number of rotatable bonds is 9. The Kier molecular flexibility index (Phi) is 8.37. The lowest BCUT2D eigenvalue weighted by Crippen LogP contribution is -2.33. The number of halogens is 4. The van der Waals surface area contributed by atoms with Gasteiger partial charge in [0.25, 0.3) is 0 Å². The summed E-state index contributed by atoms with van der Waals surface area (Å²) < 4.78 is 57.2. The second-order valence-electron chi connectivity index (χ2n) is 9.39. The Bertz CT molecular complexity index is 916. The number of unbranched alkanes of at least 4 members (excludes halogenated alkanes) is 2.